The van der Waals surface area contributed by atoms with Crippen LogP contribution in [0.2, 0.25) is 18.1 Å². The lowest BCUT2D eigenvalue weighted by Gasteiger charge is -2.44. The SMILES string of the molecule is C=C1CCC(O[Si](C)(C)C(C)(C)C)CC1=CC=C1CCC[C@]2(C)[C@@H]([C@H](C)C=CC(O)C3(C(=O)CCCC)CC3)CC[C@@H]12. The molecule has 0 amide bonds. The molecule has 2 unspecified atom stereocenters. The van der Waals surface area contributed by atoms with E-state index in [1.807, 2.05) is 6.08 Å². The van der Waals surface area contributed by atoms with Gasteiger partial charge in [0.2, 0.25) is 0 Å². The lowest BCUT2D eigenvalue weighted by molar-refractivity contribution is -0.127. The average Bonchev–Trinajstić information content (AvgIpc) is 3.66. The largest absolute Gasteiger partial charge is 0.414 e. The first-order valence-corrected chi connectivity index (χ1v) is 20.2. The van der Waals surface area contributed by atoms with E-state index in [0.29, 0.717) is 35.7 Å². The van der Waals surface area contributed by atoms with Gasteiger partial charge in [0.05, 0.1) is 11.5 Å². The van der Waals surface area contributed by atoms with Gasteiger partial charge in [0.25, 0.3) is 0 Å². The summed E-state index contributed by atoms with van der Waals surface area (Å²) in [5, 5.41) is 11.3. The summed E-state index contributed by atoms with van der Waals surface area (Å²) < 4.78 is 6.83. The molecule has 0 heterocycles. The number of allylic oxidation sites excluding steroid dienone is 5. The Labute approximate surface area is 259 Å². The van der Waals surface area contributed by atoms with Crippen LogP contribution in [0, 0.1) is 28.6 Å². The summed E-state index contributed by atoms with van der Waals surface area (Å²) >= 11 is 0. The lowest BCUT2D eigenvalue weighted by atomic mass is 9.61. The fraction of sp³-hybridized carbons (Fsp3) is 0.763. The van der Waals surface area contributed by atoms with Gasteiger partial charge < -0.3 is 9.53 Å². The number of aliphatic hydroxyl groups excluding tert-OH is 1. The van der Waals surface area contributed by atoms with Crippen LogP contribution in [0.1, 0.15) is 125 Å². The van der Waals surface area contributed by atoms with Gasteiger partial charge >= 0.3 is 0 Å². The van der Waals surface area contributed by atoms with Gasteiger partial charge in [-0.1, -0.05) is 90.0 Å². The Morgan fingerprint density at radius 3 is 2.48 bits per heavy atom. The molecule has 0 aromatic heterocycles. The first-order valence-electron chi connectivity index (χ1n) is 17.3. The maximum Gasteiger partial charge on any atom is 0.192 e. The second-order valence-corrected chi connectivity index (χ2v) is 21.0. The average molecular weight is 595 g/mol. The quantitative estimate of drug-likeness (QED) is 0.191. The first kappa shape index (κ1) is 33.7. The number of ketones is 1. The zero-order valence-electron chi connectivity index (χ0n) is 28.4. The predicted molar refractivity (Wildman–Crippen MR) is 180 cm³/mol. The molecule has 3 nitrogen and oxygen atoms in total. The van der Waals surface area contributed by atoms with Gasteiger partial charge in [-0.15, -0.1) is 0 Å². The van der Waals surface area contributed by atoms with E-state index in [9.17, 15) is 9.90 Å². The molecule has 4 fully saturated rings. The molecule has 236 valence electrons. The Kier molecular flexibility index (Phi) is 10.4. The third kappa shape index (κ3) is 7.02. The van der Waals surface area contributed by atoms with Crippen molar-refractivity contribution in [1.82, 2.24) is 0 Å². The zero-order chi connectivity index (χ0) is 30.9. The highest BCUT2D eigenvalue weighted by molar-refractivity contribution is 6.74. The molecule has 0 radical (unpaired) electrons. The maximum atomic E-state index is 12.8. The number of hydrogen-bond acceptors (Lipinski definition) is 3. The van der Waals surface area contributed by atoms with Crippen molar-refractivity contribution in [1.29, 1.82) is 0 Å². The molecule has 1 N–H and O–H groups in total. The molecule has 4 heteroatoms. The van der Waals surface area contributed by atoms with Crippen LogP contribution in [0.15, 0.2) is 47.6 Å². The number of carbonyl (C=O) groups is 1. The highest BCUT2D eigenvalue weighted by atomic mass is 28.4. The van der Waals surface area contributed by atoms with Crippen molar-refractivity contribution < 1.29 is 14.3 Å². The smallest absolute Gasteiger partial charge is 0.192 e. The molecule has 0 spiro atoms. The van der Waals surface area contributed by atoms with E-state index in [2.05, 4.69) is 79.4 Å². The van der Waals surface area contributed by atoms with Crippen molar-refractivity contribution in [2.24, 2.45) is 28.6 Å². The lowest BCUT2D eigenvalue weighted by Crippen LogP contribution is -2.44. The monoisotopic (exact) mass is 594 g/mol. The standard InChI is InChI=1S/C38H62O3Si/c1-10-11-14-34(39)38(24-25-38)35(40)22-16-28(3)32-20-21-33-29(13-12-23-37(32,33)7)17-18-30-26-31(19-15-27(30)2)41-42(8,9)36(4,5)6/h16-18,22,28,31-33,35,40H,2,10-15,19-21,23-26H2,1,3-9H3/t28-,31?,32-,33+,35?,37-/m1/s1. The molecule has 0 aromatic carbocycles. The Bertz CT molecular complexity index is 1080. The van der Waals surface area contributed by atoms with Gasteiger partial charge in [-0.3, -0.25) is 4.79 Å². The second kappa shape index (κ2) is 13.0. The Hall–Kier alpha value is -1.23. The first-order chi connectivity index (χ1) is 19.6. The number of Topliss-reactive ketones (excluding diaryl/α,β-unsaturated/α-hetero) is 1. The van der Waals surface area contributed by atoms with E-state index in [1.165, 1.54) is 43.3 Å². The molecule has 0 aliphatic heterocycles. The number of carbonyl (C=O) groups excluding carboxylic acids is 1. The summed E-state index contributed by atoms with van der Waals surface area (Å²) in [7, 11) is -1.79. The normalized spacial score (nSPS) is 33.3. The van der Waals surface area contributed by atoms with Gasteiger partial charge in [-0.05, 0) is 118 Å². The molecule has 6 atom stereocenters. The molecule has 42 heavy (non-hydrogen) atoms. The van der Waals surface area contributed by atoms with Crippen molar-refractivity contribution in [3.05, 3.63) is 47.6 Å². The van der Waals surface area contributed by atoms with Crippen LogP contribution in [0.4, 0.5) is 0 Å². The van der Waals surface area contributed by atoms with Gasteiger partial charge in [-0.2, -0.15) is 0 Å². The minimum Gasteiger partial charge on any atom is -0.414 e. The van der Waals surface area contributed by atoms with E-state index in [4.69, 9.17) is 4.43 Å². The Morgan fingerprint density at radius 1 is 1.12 bits per heavy atom. The highest BCUT2D eigenvalue weighted by Gasteiger charge is 2.54. The molecule has 0 aromatic rings. The van der Waals surface area contributed by atoms with Crippen molar-refractivity contribution in [3.8, 4) is 0 Å². The zero-order valence-corrected chi connectivity index (χ0v) is 29.4. The van der Waals surface area contributed by atoms with Crippen molar-refractivity contribution in [2.75, 3.05) is 0 Å². The topological polar surface area (TPSA) is 46.5 Å². The summed E-state index contributed by atoms with van der Waals surface area (Å²) in [5.74, 6) is 1.92. The molecule has 0 saturated heterocycles. The molecule has 4 saturated carbocycles. The van der Waals surface area contributed by atoms with E-state index < -0.39 is 19.8 Å². The minimum atomic E-state index is -1.79. The maximum absolute atomic E-state index is 12.8. The number of aliphatic hydroxyl groups is 1. The third-order valence-electron chi connectivity index (χ3n) is 12.4. The van der Waals surface area contributed by atoms with Crippen LogP contribution in [0.25, 0.3) is 0 Å². The number of hydrogen-bond donors (Lipinski definition) is 1. The highest BCUT2D eigenvalue weighted by Crippen LogP contribution is 2.60. The van der Waals surface area contributed by atoms with Crippen LogP contribution >= 0.6 is 0 Å². The molecular formula is C38H62O3Si. The second-order valence-electron chi connectivity index (χ2n) is 16.2. The van der Waals surface area contributed by atoms with Crippen molar-refractivity contribution in [3.63, 3.8) is 0 Å². The fourth-order valence-electron chi connectivity index (χ4n) is 8.28. The summed E-state index contributed by atoms with van der Waals surface area (Å²) in [5.41, 5.74) is 4.13. The van der Waals surface area contributed by atoms with Gasteiger partial charge in [0.1, 0.15) is 5.78 Å². The molecule has 4 aliphatic rings. The summed E-state index contributed by atoms with van der Waals surface area (Å²) in [6.07, 6.45) is 22.4. The third-order valence-corrected chi connectivity index (χ3v) is 16.9. The summed E-state index contributed by atoms with van der Waals surface area (Å²) in [6.45, 7) is 23.2. The predicted octanol–water partition coefficient (Wildman–Crippen LogP) is 10.3. The van der Waals surface area contributed by atoms with Crippen LogP contribution < -0.4 is 0 Å². The van der Waals surface area contributed by atoms with E-state index >= 15 is 0 Å². The van der Waals surface area contributed by atoms with Crippen LogP contribution in [-0.2, 0) is 9.22 Å². The van der Waals surface area contributed by atoms with E-state index in [-0.39, 0.29) is 10.8 Å². The van der Waals surface area contributed by atoms with Crippen LogP contribution in [0.5, 0.6) is 0 Å². The van der Waals surface area contributed by atoms with Crippen molar-refractivity contribution >= 4 is 14.1 Å². The molecule has 4 rings (SSSR count). The van der Waals surface area contributed by atoms with Gasteiger partial charge in [-0.25, -0.2) is 0 Å². The minimum absolute atomic E-state index is 0.231. The molecule has 4 aliphatic carbocycles. The summed E-state index contributed by atoms with van der Waals surface area (Å²) in [6, 6.07) is 0. The Morgan fingerprint density at radius 2 is 1.83 bits per heavy atom. The van der Waals surface area contributed by atoms with Gasteiger partial charge in [0, 0.05) is 12.5 Å². The van der Waals surface area contributed by atoms with Crippen LogP contribution in [-0.4, -0.2) is 31.4 Å². The number of fused-ring (bicyclic) bond motifs is 1. The van der Waals surface area contributed by atoms with E-state index in [1.54, 1.807) is 5.57 Å². The van der Waals surface area contributed by atoms with E-state index in [0.717, 1.165) is 44.9 Å². The van der Waals surface area contributed by atoms with Crippen molar-refractivity contribution in [2.45, 2.75) is 155 Å². The Balaban J connectivity index is 1.42. The molecular weight excluding hydrogens is 533 g/mol. The van der Waals surface area contributed by atoms with Gasteiger partial charge in [0.15, 0.2) is 8.32 Å². The summed E-state index contributed by atoms with van der Waals surface area (Å²) in [4.78, 5) is 12.8. The number of rotatable bonds is 11. The fourth-order valence-corrected chi connectivity index (χ4v) is 9.67. The number of unbranched alkanes of at least 4 members (excludes halogenated alkanes) is 1. The molecule has 0 bridgehead atoms. The van der Waals surface area contributed by atoms with Crippen LogP contribution in [0.3, 0.4) is 0 Å².